The Bertz CT molecular complexity index is 1240. The largest absolute Gasteiger partial charge is 0.493 e. The minimum absolute atomic E-state index is 0.0110. The number of hydrogen-bond acceptors (Lipinski definition) is 6. The first kappa shape index (κ1) is 26.5. The van der Waals surface area contributed by atoms with Crippen molar-refractivity contribution >= 4 is 11.8 Å². The molecule has 1 aliphatic carbocycles. The molecular formula is C31H37NO5. The molecule has 6 heteroatoms. The lowest BCUT2D eigenvalue weighted by atomic mass is 9.71. The van der Waals surface area contributed by atoms with Crippen molar-refractivity contribution in [1.82, 2.24) is 5.32 Å². The van der Waals surface area contributed by atoms with E-state index < -0.39 is 5.92 Å². The van der Waals surface area contributed by atoms with Crippen molar-refractivity contribution in [2.75, 3.05) is 14.2 Å². The van der Waals surface area contributed by atoms with Crippen LogP contribution in [-0.4, -0.2) is 32.1 Å². The van der Waals surface area contributed by atoms with Gasteiger partial charge in [-0.25, -0.2) is 4.79 Å². The number of dihydropyridines is 1. The van der Waals surface area contributed by atoms with Crippen molar-refractivity contribution in [3.05, 3.63) is 81.7 Å². The van der Waals surface area contributed by atoms with E-state index in [1.807, 2.05) is 51.1 Å². The van der Waals surface area contributed by atoms with Crippen LogP contribution in [-0.2, 0) is 20.7 Å². The Morgan fingerprint density at radius 3 is 2.30 bits per heavy atom. The van der Waals surface area contributed by atoms with E-state index in [0.717, 1.165) is 35.4 Å². The second-order valence-corrected chi connectivity index (χ2v) is 9.85. The van der Waals surface area contributed by atoms with Gasteiger partial charge in [-0.2, -0.15) is 0 Å². The number of aryl methyl sites for hydroxylation is 1. The molecular weight excluding hydrogens is 466 g/mol. The van der Waals surface area contributed by atoms with Crippen LogP contribution in [0.4, 0.5) is 0 Å². The fraction of sp³-hybridized carbons (Fsp3) is 0.419. The summed E-state index contributed by atoms with van der Waals surface area (Å²) in [5.41, 5.74) is 5.95. The predicted molar refractivity (Wildman–Crippen MR) is 144 cm³/mol. The number of hydrogen-bond donors (Lipinski definition) is 1. The van der Waals surface area contributed by atoms with Crippen LogP contribution in [0, 0.1) is 0 Å². The van der Waals surface area contributed by atoms with Gasteiger partial charge in [0.05, 0.1) is 25.9 Å². The highest BCUT2D eigenvalue weighted by Crippen LogP contribution is 2.46. The van der Waals surface area contributed by atoms with Crippen molar-refractivity contribution in [3.63, 3.8) is 0 Å². The first-order valence-electron chi connectivity index (χ1n) is 13.1. The predicted octanol–water partition coefficient (Wildman–Crippen LogP) is 5.97. The third-order valence-corrected chi connectivity index (χ3v) is 7.53. The number of rotatable bonds is 8. The molecule has 6 nitrogen and oxygen atoms in total. The Morgan fingerprint density at radius 2 is 1.68 bits per heavy atom. The molecule has 0 fully saturated rings. The van der Waals surface area contributed by atoms with E-state index in [1.54, 1.807) is 14.2 Å². The van der Waals surface area contributed by atoms with Gasteiger partial charge in [-0.15, -0.1) is 0 Å². The fourth-order valence-corrected chi connectivity index (χ4v) is 5.26. The molecule has 0 radical (unpaired) electrons. The van der Waals surface area contributed by atoms with Crippen LogP contribution in [0.5, 0.6) is 11.5 Å². The van der Waals surface area contributed by atoms with Crippen LogP contribution >= 0.6 is 0 Å². The van der Waals surface area contributed by atoms with E-state index in [1.165, 1.54) is 5.56 Å². The monoisotopic (exact) mass is 503 g/mol. The van der Waals surface area contributed by atoms with Crippen molar-refractivity contribution in [2.45, 2.75) is 71.3 Å². The number of methoxy groups -OCH3 is 2. The summed E-state index contributed by atoms with van der Waals surface area (Å²) in [7, 11) is 3.22. The number of nitrogens with one attached hydrogen (secondary N) is 1. The van der Waals surface area contributed by atoms with E-state index >= 15 is 0 Å². The summed E-state index contributed by atoms with van der Waals surface area (Å²) in [4.78, 5) is 27.2. The highest BCUT2D eigenvalue weighted by molar-refractivity contribution is 6.04. The SMILES string of the molecule is CCc1ccc([C@@H]2C(C(=O)O[C@H](C)CC)=C(C)NC3=C2C(=O)C[C@@H](c2ccc(OC)c(OC)c2)C3)cc1. The molecule has 4 rings (SSSR count). The van der Waals surface area contributed by atoms with Gasteiger partial charge in [0.25, 0.3) is 0 Å². The van der Waals surface area contributed by atoms with E-state index in [2.05, 4.69) is 24.4 Å². The van der Waals surface area contributed by atoms with Crippen LogP contribution in [0.15, 0.2) is 65.0 Å². The molecule has 2 aromatic rings. The molecule has 0 aromatic heterocycles. The van der Waals surface area contributed by atoms with Crippen molar-refractivity contribution in [1.29, 1.82) is 0 Å². The molecule has 196 valence electrons. The summed E-state index contributed by atoms with van der Waals surface area (Å²) in [6.45, 7) is 7.88. The molecule has 0 saturated carbocycles. The zero-order chi connectivity index (χ0) is 26.7. The summed E-state index contributed by atoms with van der Waals surface area (Å²) in [6.07, 6.45) is 2.45. The zero-order valence-corrected chi connectivity index (χ0v) is 22.6. The van der Waals surface area contributed by atoms with E-state index in [0.29, 0.717) is 35.5 Å². The van der Waals surface area contributed by atoms with Gasteiger partial charge in [-0.3, -0.25) is 4.79 Å². The highest BCUT2D eigenvalue weighted by atomic mass is 16.5. The number of Topliss-reactive ketones (excluding diaryl/α,β-unsaturated/α-hetero) is 1. The van der Waals surface area contributed by atoms with Crippen LogP contribution in [0.25, 0.3) is 0 Å². The average molecular weight is 504 g/mol. The number of esters is 1. The van der Waals surface area contributed by atoms with Gasteiger partial charge in [-0.1, -0.05) is 44.2 Å². The first-order chi connectivity index (χ1) is 17.8. The molecule has 0 unspecified atom stereocenters. The van der Waals surface area contributed by atoms with Gasteiger partial charge in [0, 0.05) is 29.3 Å². The van der Waals surface area contributed by atoms with Gasteiger partial charge in [0.1, 0.15) is 0 Å². The van der Waals surface area contributed by atoms with Crippen LogP contribution in [0.2, 0.25) is 0 Å². The van der Waals surface area contributed by atoms with Gasteiger partial charge >= 0.3 is 5.97 Å². The maximum Gasteiger partial charge on any atom is 0.337 e. The molecule has 0 saturated heterocycles. The second-order valence-electron chi connectivity index (χ2n) is 9.85. The maximum atomic E-state index is 13.8. The Labute approximate surface area is 219 Å². The van der Waals surface area contributed by atoms with E-state index in [-0.39, 0.29) is 23.8 Å². The lowest BCUT2D eigenvalue weighted by Gasteiger charge is -2.37. The number of benzene rings is 2. The van der Waals surface area contributed by atoms with Gasteiger partial charge in [0.15, 0.2) is 17.3 Å². The molecule has 2 aliphatic rings. The van der Waals surface area contributed by atoms with Crippen molar-refractivity contribution < 1.29 is 23.8 Å². The Hall–Kier alpha value is -3.54. The molecule has 0 bridgehead atoms. The molecule has 2 aromatic carbocycles. The van der Waals surface area contributed by atoms with Crippen molar-refractivity contribution in [2.24, 2.45) is 0 Å². The lowest BCUT2D eigenvalue weighted by Crippen LogP contribution is -2.36. The molecule has 0 amide bonds. The van der Waals surface area contributed by atoms with Crippen molar-refractivity contribution in [3.8, 4) is 11.5 Å². The quantitative estimate of drug-likeness (QED) is 0.448. The summed E-state index contributed by atoms with van der Waals surface area (Å²) >= 11 is 0. The molecule has 1 heterocycles. The van der Waals surface area contributed by atoms with Gasteiger partial charge < -0.3 is 19.5 Å². The van der Waals surface area contributed by atoms with Gasteiger partial charge in [0.2, 0.25) is 0 Å². The zero-order valence-electron chi connectivity index (χ0n) is 22.6. The number of ketones is 1. The molecule has 1 aliphatic heterocycles. The summed E-state index contributed by atoms with van der Waals surface area (Å²) in [5, 5.41) is 3.43. The second kappa shape index (κ2) is 11.2. The molecule has 1 N–H and O–H groups in total. The summed E-state index contributed by atoms with van der Waals surface area (Å²) < 4.78 is 16.6. The highest BCUT2D eigenvalue weighted by Gasteiger charge is 2.41. The lowest BCUT2D eigenvalue weighted by molar-refractivity contribution is -0.144. The average Bonchev–Trinajstić information content (AvgIpc) is 2.91. The maximum absolute atomic E-state index is 13.8. The standard InChI is InChI=1S/C31H37NO5/c1-7-18(3)37-31(34)28-19(4)32-24-15-23(22-13-14-26(35-5)27(17-22)36-6)16-25(33)30(24)29(28)21-11-9-20(8-2)10-12-21/h9-14,17-18,23,29,32H,7-8,15-16H2,1-6H3/t18-,23+,29-/m1/s1. The summed E-state index contributed by atoms with van der Waals surface area (Å²) in [5.74, 6) is 0.497. The smallest absolute Gasteiger partial charge is 0.337 e. The summed E-state index contributed by atoms with van der Waals surface area (Å²) in [6, 6.07) is 14.0. The molecule has 3 atom stereocenters. The van der Waals surface area contributed by atoms with Crippen LogP contribution in [0.1, 0.15) is 75.5 Å². The third-order valence-electron chi connectivity index (χ3n) is 7.53. The normalized spacial score (nSPS) is 20.2. The Kier molecular flexibility index (Phi) is 8.06. The fourth-order valence-electron chi connectivity index (χ4n) is 5.26. The minimum Gasteiger partial charge on any atom is -0.493 e. The Balaban J connectivity index is 1.76. The van der Waals surface area contributed by atoms with Crippen LogP contribution in [0.3, 0.4) is 0 Å². The number of allylic oxidation sites excluding steroid dienone is 3. The Morgan fingerprint density at radius 1 is 1.00 bits per heavy atom. The van der Waals surface area contributed by atoms with E-state index in [9.17, 15) is 9.59 Å². The molecule has 37 heavy (non-hydrogen) atoms. The number of ether oxygens (including phenoxy) is 3. The number of carbonyl (C=O) groups excluding carboxylic acids is 2. The third kappa shape index (κ3) is 5.29. The topological polar surface area (TPSA) is 73.9 Å². The van der Waals surface area contributed by atoms with Crippen LogP contribution < -0.4 is 14.8 Å². The van der Waals surface area contributed by atoms with Gasteiger partial charge in [-0.05, 0) is 67.9 Å². The first-order valence-corrected chi connectivity index (χ1v) is 13.1. The molecule has 0 spiro atoms. The number of carbonyl (C=O) groups is 2. The van der Waals surface area contributed by atoms with E-state index in [4.69, 9.17) is 14.2 Å². The minimum atomic E-state index is -0.461.